The van der Waals surface area contributed by atoms with Crippen LogP contribution < -0.4 is 5.32 Å². The topological polar surface area (TPSA) is 15.3 Å². The molecular weight excluding hydrogens is 311 g/mol. The number of hydrogen-bond donors (Lipinski definition) is 1. The Morgan fingerprint density at radius 1 is 1.20 bits per heavy atom. The zero-order chi connectivity index (χ0) is 12.4. The van der Waals surface area contributed by atoms with Crippen LogP contribution >= 0.6 is 36.2 Å². The average Bonchev–Trinajstić information content (AvgIpc) is 2.85. The van der Waals surface area contributed by atoms with Crippen LogP contribution in [0.15, 0.2) is 29.6 Å². The molecule has 1 aliphatic heterocycles. The molecule has 1 fully saturated rings. The van der Waals surface area contributed by atoms with Gasteiger partial charge in [-0.2, -0.15) is 0 Å². The fourth-order valence-electron chi connectivity index (χ4n) is 2.92. The van der Waals surface area contributed by atoms with Gasteiger partial charge in [-0.15, -0.1) is 36.2 Å². The average molecular weight is 333 g/mol. The molecule has 2 heterocycles. The summed E-state index contributed by atoms with van der Waals surface area (Å²) >= 11 is 1.88. The molecule has 0 amide bonds. The number of hydrogen-bond acceptors (Lipinski definition) is 3. The number of thiophene rings is 1. The van der Waals surface area contributed by atoms with E-state index in [9.17, 15) is 0 Å². The number of nitrogens with zero attached hydrogens (tertiary/aromatic N) is 1. The molecule has 1 saturated heterocycles. The standard InChI is InChI=1S/C15H20N2S.2ClH/c1-2-14(17-9-7-16-8-10-17)13-11-18-15-6-4-3-5-12(13)15;;/h3-6,11,14,16H,2,7-10H2,1H3;2*1H/t14-;;/m0../s1. The molecule has 1 atom stereocenters. The van der Waals surface area contributed by atoms with Crippen LogP contribution in [0.3, 0.4) is 0 Å². The Balaban J connectivity index is 0.000001000. The van der Waals surface area contributed by atoms with E-state index in [0.29, 0.717) is 6.04 Å². The normalized spacial score (nSPS) is 17.2. The molecule has 0 radical (unpaired) electrons. The van der Waals surface area contributed by atoms with Crippen LogP contribution in [0.2, 0.25) is 0 Å². The van der Waals surface area contributed by atoms with Gasteiger partial charge in [-0.1, -0.05) is 25.1 Å². The lowest BCUT2D eigenvalue weighted by atomic mass is 10.0. The first-order valence-electron chi connectivity index (χ1n) is 6.81. The van der Waals surface area contributed by atoms with Gasteiger partial charge >= 0.3 is 0 Å². The fourth-order valence-corrected chi connectivity index (χ4v) is 3.93. The van der Waals surface area contributed by atoms with Crippen LogP contribution in [-0.2, 0) is 0 Å². The highest BCUT2D eigenvalue weighted by Gasteiger charge is 2.22. The second-order valence-corrected chi connectivity index (χ2v) is 5.81. The van der Waals surface area contributed by atoms with E-state index >= 15 is 0 Å². The van der Waals surface area contributed by atoms with E-state index < -0.39 is 0 Å². The summed E-state index contributed by atoms with van der Waals surface area (Å²) in [6.07, 6.45) is 1.20. The second kappa shape index (κ2) is 8.20. The van der Waals surface area contributed by atoms with Crippen molar-refractivity contribution >= 4 is 46.2 Å². The van der Waals surface area contributed by atoms with E-state index in [4.69, 9.17) is 0 Å². The predicted molar refractivity (Wildman–Crippen MR) is 93.8 cm³/mol. The summed E-state index contributed by atoms with van der Waals surface area (Å²) in [5, 5.41) is 7.25. The van der Waals surface area contributed by atoms with Gasteiger partial charge in [-0.25, -0.2) is 0 Å². The van der Waals surface area contributed by atoms with Gasteiger partial charge in [0.2, 0.25) is 0 Å². The number of benzene rings is 1. The highest BCUT2D eigenvalue weighted by atomic mass is 35.5. The fraction of sp³-hybridized carbons (Fsp3) is 0.467. The molecule has 1 aliphatic rings. The van der Waals surface area contributed by atoms with Crippen molar-refractivity contribution in [3.05, 3.63) is 35.2 Å². The van der Waals surface area contributed by atoms with Gasteiger partial charge in [-0.3, -0.25) is 4.90 Å². The van der Waals surface area contributed by atoms with E-state index in [0.717, 1.165) is 13.1 Å². The van der Waals surface area contributed by atoms with Crippen molar-refractivity contribution in [2.24, 2.45) is 0 Å². The van der Waals surface area contributed by atoms with E-state index in [1.54, 1.807) is 0 Å². The summed E-state index contributed by atoms with van der Waals surface area (Å²) < 4.78 is 1.42. The minimum Gasteiger partial charge on any atom is -0.314 e. The Bertz CT molecular complexity index is 523. The molecule has 5 heteroatoms. The molecule has 1 N–H and O–H groups in total. The van der Waals surface area contributed by atoms with Gasteiger partial charge in [0.05, 0.1) is 0 Å². The third-order valence-electron chi connectivity index (χ3n) is 3.85. The monoisotopic (exact) mass is 332 g/mol. The van der Waals surface area contributed by atoms with Crippen molar-refractivity contribution in [1.82, 2.24) is 10.2 Å². The maximum Gasteiger partial charge on any atom is 0.0360 e. The summed E-state index contributed by atoms with van der Waals surface area (Å²) in [5.41, 5.74) is 1.53. The van der Waals surface area contributed by atoms with Gasteiger partial charge in [0.15, 0.2) is 0 Å². The number of fused-ring (bicyclic) bond motifs is 1. The largest absolute Gasteiger partial charge is 0.314 e. The first-order valence-corrected chi connectivity index (χ1v) is 7.69. The molecule has 0 aliphatic carbocycles. The van der Waals surface area contributed by atoms with E-state index in [1.807, 2.05) is 11.3 Å². The summed E-state index contributed by atoms with van der Waals surface area (Å²) in [4.78, 5) is 2.63. The van der Waals surface area contributed by atoms with Crippen LogP contribution in [-0.4, -0.2) is 31.1 Å². The molecule has 0 bridgehead atoms. The zero-order valence-corrected chi connectivity index (χ0v) is 14.1. The Kier molecular flexibility index (Phi) is 7.27. The van der Waals surface area contributed by atoms with Crippen LogP contribution in [0.5, 0.6) is 0 Å². The van der Waals surface area contributed by atoms with Crippen molar-refractivity contribution in [3.63, 3.8) is 0 Å². The third kappa shape index (κ3) is 3.46. The molecule has 112 valence electrons. The molecule has 2 aromatic rings. The Morgan fingerprint density at radius 3 is 2.60 bits per heavy atom. The van der Waals surface area contributed by atoms with Crippen molar-refractivity contribution < 1.29 is 0 Å². The van der Waals surface area contributed by atoms with E-state index in [-0.39, 0.29) is 24.8 Å². The SMILES string of the molecule is CC[C@@H](c1csc2ccccc12)N1CCNCC1.Cl.Cl. The predicted octanol–water partition coefficient (Wildman–Crippen LogP) is 4.10. The molecule has 20 heavy (non-hydrogen) atoms. The number of nitrogens with one attached hydrogen (secondary N) is 1. The molecule has 0 saturated carbocycles. The van der Waals surface area contributed by atoms with Crippen LogP contribution in [0.1, 0.15) is 24.9 Å². The van der Waals surface area contributed by atoms with Gasteiger partial charge in [-0.05, 0) is 28.8 Å². The Hall–Kier alpha value is -0.320. The minimum atomic E-state index is 0. The number of piperazine rings is 1. The minimum absolute atomic E-state index is 0. The maximum absolute atomic E-state index is 3.44. The summed E-state index contributed by atoms with van der Waals surface area (Å²) in [7, 11) is 0. The van der Waals surface area contributed by atoms with Gasteiger partial charge in [0.25, 0.3) is 0 Å². The first-order chi connectivity index (χ1) is 8.90. The lowest BCUT2D eigenvalue weighted by Crippen LogP contribution is -2.45. The second-order valence-electron chi connectivity index (χ2n) is 4.90. The maximum atomic E-state index is 3.44. The highest BCUT2D eigenvalue weighted by Crippen LogP contribution is 2.34. The van der Waals surface area contributed by atoms with Crippen LogP contribution in [0, 0.1) is 0 Å². The molecular formula is C15H22Cl2N2S. The van der Waals surface area contributed by atoms with Crippen molar-refractivity contribution in [2.45, 2.75) is 19.4 Å². The molecule has 1 aromatic carbocycles. The summed E-state index contributed by atoms with van der Waals surface area (Å²) in [6.45, 7) is 6.89. The number of halogens is 2. The van der Waals surface area contributed by atoms with Gasteiger partial charge in [0, 0.05) is 36.9 Å². The van der Waals surface area contributed by atoms with Crippen LogP contribution in [0.25, 0.3) is 10.1 Å². The lowest BCUT2D eigenvalue weighted by molar-refractivity contribution is 0.170. The van der Waals surface area contributed by atoms with E-state index in [2.05, 4.69) is 46.8 Å². The van der Waals surface area contributed by atoms with Gasteiger partial charge < -0.3 is 5.32 Å². The molecule has 0 spiro atoms. The van der Waals surface area contributed by atoms with Crippen molar-refractivity contribution in [3.8, 4) is 0 Å². The zero-order valence-electron chi connectivity index (χ0n) is 11.7. The van der Waals surface area contributed by atoms with Gasteiger partial charge in [0.1, 0.15) is 0 Å². The summed E-state index contributed by atoms with van der Waals surface area (Å²) in [5.74, 6) is 0. The van der Waals surface area contributed by atoms with Crippen LogP contribution in [0.4, 0.5) is 0 Å². The Morgan fingerprint density at radius 2 is 1.90 bits per heavy atom. The molecule has 1 aromatic heterocycles. The number of rotatable bonds is 3. The first kappa shape index (κ1) is 17.7. The lowest BCUT2D eigenvalue weighted by Gasteiger charge is -2.34. The smallest absolute Gasteiger partial charge is 0.0360 e. The van der Waals surface area contributed by atoms with Crippen molar-refractivity contribution in [1.29, 1.82) is 0 Å². The highest BCUT2D eigenvalue weighted by molar-refractivity contribution is 7.17. The Labute approximate surface area is 137 Å². The molecule has 0 unspecified atom stereocenters. The molecule has 2 nitrogen and oxygen atoms in total. The summed E-state index contributed by atoms with van der Waals surface area (Å²) in [6, 6.07) is 9.38. The molecule has 3 rings (SSSR count). The van der Waals surface area contributed by atoms with E-state index in [1.165, 1.54) is 35.2 Å². The van der Waals surface area contributed by atoms with Crippen molar-refractivity contribution in [2.75, 3.05) is 26.2 Å². The third-order valence-corrected chi connectivity index (χ3v) is 4.83. The quantitative estimate of drug-likeness (QED) is 0.910.